The zero-order valence-corrected chi connectivity index (χ0v) is 17.7. The van der Waals surface area contributed by atoms with Crippen LogP contribution in [-0.2, 0) is 11.2 Å². The van der Waals surface area contributed by atoms with Crippen LogP contribution in [-0.4, -0.2) is 24.6 Å². The molecule has 1 aliphatic rings. The van der Waals surface area contributed by atoms with Gasteiger partial charge in [0.05, 0.1) is 12.1 Å². The van der Waals surface area contributed by atoms with Crippen LogP contribution in [0, 0.1) is 17.2 Å². The molecular formula is C25H33N3O. The third-order valence-corrected chi connectivity index (χ3v) is 6.38. The van der Waals surface area contributed by atoms with Gasteiger partial charge in [-0.25, -0.2) is 0 Å². The Balaban J connectivity index is 1.75. The third-order valence-electron chi connectivity index (χ3n) is 6.38. The van der Waals surface area contributed by atoms with Crippen LogP contribution in [0.25, 0.3) is 11.1 Å². The van der Waals surface area contributed by atoms with Crippen molar-refractivity contribution in [1.82, 2.24) is 5.32 Å². The summed E-state index contributed by atoms with van der Waals surface area (Å²) in [6.07, 6.45) is 4.44. The minimum Gasteiger partial charge on any atom is -0.319 e. The van der Waals surface area contributed by atoms with E-state index in [0.29, 0.717) is 17.5 Å². The summed E-state index contributed by atoms with van der Waals surface area (Å²) in [5, 5.41) is 11.0. The fraction of sp³-hybridized carbons (Fsp3) is 0.440. The third kappa shape index (κ3) is 5.01. The lowest BCUT2D eigenvalue weighted by molar-refractivity contribution is -0.120. The van der Waals surface area contributed by atoms with E-state index in [1.807, 2.05) is 19.2 Å². The molecule has 1 fully saturated rings. The number of hydrogen-bond donors (Lipinski definition) is 3. The van der Waals surface area contributed by atoms with Crippen molar-refractivity contribution >= 4 is 11.5 Å². The van der Waals surface area contributed by atoms with Gasteiger partial charge in [0.25, 0.3) is 0 Å². The normalized spacial score (nSPS) is 21.0. The van der Waals surface area contributed by atoms with Gasteiger partial charge in [0.15, 0.2) is 0 Å². The number of carbonyl (C=O) groups is 1. The van der Waals surface area contributed by atoms with Crippen molar-refractivity contribution in [2.24, 2.45) is 17.6 Å². The van der Waals surface area contributed by atoms with Gasteiger partial charge in [0.2, 0.25) is 0 Å². The SMILES string of the molecule is CNC(C(C)=O)C1CCC(Cc2ccccc2-c2ccc(C(N)C(C)=N)cc2)C1. The summed E-state index contributed by atoms with van der Waals surface area (Å²) < 4.78 is 0. The Morgan fingerprint density at radius 1 is 1.14 bits per heavy atom. The molecule has 0 aromatic heterocycles. The summed E-state index contributed by atoms with van der Waals surface area (Å²) in [5.74, 6) is 1.31. The zero-order chi connectivity index (χ0) is 21.0. The van der Waals surface area contributed by atoms with Crippen LogP contribution in [0.2, 0.25) is 0 Å². The highest BCUT2D eigenvalue weighted by Crippen LogP contribution is 2.37. The fourth-order valence-corrected chi connectivity index (χ4v) is 4.78. The Morgan fingerprint density at radius 3 is 2.45 bits per heavy atom. The molecule has 1 aliphatic carbocycles. The number of nitrogens with two attached hydrogens (primary N) is 1. The Morgan fingerprint density at radius 2 is 1.83 bits per heavy atom. The highest BCUT2D eigenvalue weighted by molar-refractivity contribution is 5.85. The summed E-state index contributed by atoms with van der Waals surface area (Å²) >= 11 is 0. The Hall–Kier alpha value is -2.30. The van der Waals surface area contributed by atoms with Gasteiger partial charge in [-0.15, -0.1) is 0 Å². The van der Waals surface area contributed by atoms with E-state index in [9.17, 15) is 4.79 Å². The van der Waals surface area contributed by atoms with Crippen molar-refractivity contribution in [3.8, 4) is 11.1 Å². The maximum Gasteiger partial charge on any atom is 0.146 e. The minimum absolute atomic E-state index is 0.00991. The van der Waals surface area contributed by atoms with Crippen molar-refractivity contribution in [3.63, 3.8) is 0 Å². The molecule has 2 aromatic rings. The maximum absolute atomic E-state index is 11.9. The van der Waals surface area contributed by atoms with Crippen LogP contribution >= 0.6 is 0 Å². The van der Waals surface area contributed by atoms with E-state index in [-0.39, 0.29) is 17.9 Å². The molecule has 4 heteroatoms. The van der Waals surface area contributed by atoms with Gasteiger partial charge in [0, 0.05) is 5.71 Å². The van der Waals surface area contributed by atoms with Gasteiger partial charge in [-0.1, -0.05) is 48.5 Å². The molecule has 0 bridgehead atoms. The van der Waals surface area contributed by atoms with Crippen molar-refractivity contribution in [2.45, 2.75) is 51.6 Å². The lowest BCUT2D eigenvalue weighted by atomic mass is 9.89. The van der Waals surface area contributed by atoms with Crippen molar-refractivity contribution < 1.29 is 4.79 Å². The molecule has 4 N–H and O–H groups in total. The molecule has 0 amide bonds. The van der Waals surface area contributed by atoms with E-state index in [1.165, 1.54) is 23.1 Å². The number of nitrogens with one attached hydrogen (secondary N) is 2. The van der Waals surface area contributed by atoms with E-state index in [0.717, 1.165) is 24.8 Å². The minimum atomic E-state index is -0.337. The second-order valence-electron chi connectivity index (χ2n) is 8.46. The van der Waals surface area contributed by atoms with Crippen LogP contribution in [0.5, 0.6) is 0 Å². The Bertz CT molecular complexity index is 859. The summed E-state index contributed by atoms with van der Waals surface area (Å²) in [6.45, 7) is 3.44. The predicted molar refractivity (Wildman–Crippen MR) is 120 cm³/mol. The number of likely N-dealkylation sites (N-methyl/N-ethyl adjacent to an activating group) is 1. The fourth-order valence-electron chi connectivity index (χ4n) is 4.78. The second-order valence-corrected chi connectivity index (χ2v) is 8.46. The number of carbonyl (C=O) groups excluding carboxylic acids is 1. The van der Waals surface area contributed by atoms with E-state index >= 15 is 0 Å². The molecular weight excluding hydrogens is 358 g/mol. The quantitative estimate of drug-likeness (QED) is 0.579. The second kappa shape index (κ2) is 9.47. The summed E-state index contributed by atoms with van der Waals surface area (Å²) in [4.78, 5) is 11.9. The van der Waals surface area contributed by atoms with E-state index in [4.69, 9.17) is 11.1 Å². The molecule has 2 aromatic carbocycles. The topological polar surface area (TPSA) is 79.0 Å². The molecule has 0 saturated heterocycles. The molecule has 0 aliphatic heterocycles. The van der Waals surface area contributed by atoms with Gasteiger partial charge in [-0.05, 0) is 80.7 Å². The first-order valence-electron chi connectivity index (χ1n) is 10.6. The largest absolute Gasteiger partial charge is 0.319 e. The van der Waals surface area contributed by atoms with Crippen molar-refractivity contribution in [2.75, 3.05) is 7.05 Å². The predicted octanol–water partition coefficient (Wildman–Crippen LogP) is 4.53. The molecule has 4 atom stereocenters. The van der Waals surface area contributed by atoms with Gasteiger partial charge in [-0.3, -0.25) is 4.79 Å². The number of ketones is 1. The zero-order valence-electron chi connectivity index (χ0n) is 17.7. The smallest absolute Gasteiger partial charge is 0.146 e. The summed E-state index contributed by atoms with van der Waals surface area (Å²) in [7, 11) is 1.89. The molecule has 154 valence electrons. The lowest BCUT2D eigenvalue weighted by Crippen LogP contribution is -2.38. The number of rotatable bonds is 8. The molecule has 1 saturated carbocycles. The molecule has 0 radical (unpaired) electrons. The standard InChI is InChI=1S/C25H33N3O/c1-16(26)24(27)20-12-10-19(11-13-20)23-7-5-4-6-21(23)14-18-8-9-22(15-18)25(28-3)17(2)29/h4-7,10-13,18,22,24-26,28H,8-9,14-15,27H2,1-3H3. The molecule has 3 rings (SSSR count). The molecule has 4 nitrogen and oxygen atoms in total. The number of Topliss-reactive ketones (excluding diaryl/α,β-unsaturated/α-hetero) is 1. The number of benzene rings is 2. The van der Waals surface area contributed by atoms with Crippen LogP contribution in [0.15, 0.2) is 48.5 Å². The average molecular weight is 392 g/mol. The van der Waals surface area contributed by atoms with Gasteiger partial charge in [-0.2, -0.15) is 0 Å². The highest BCUT2D eigenvalue weighted by atomic mass is 16.1. The van der Waals surface area contributed by atoms with Gasteiger partial charge in [0.1, 0.15) is 5.78 Å². The molecule has 4 unspecified atom stereocenters. The average Bonchev–Trinajstić information content (AvgIpc) is 3.16. The van der Waals surface area contributed by atoms with Crippen LogP contribution in [0.4, 0.5) is 0 Å². The van der Waals surface area contributed by atoms with Crippen molar-refractivity contribution in [3.05, 3.63) is 59.7 Å². The van der Waals surface area contributed by atoms with E-state index in [2.05, 4.69) is 41.7 Å². The Kier molecular flexibility index (Phi) is 6.99. The highest BCUT2D eigenvalue weighted by Gasteiger charge is 2.32. The van der Waals surface area contributed by atoms with Crippen LogP contribution in [0.3, 0.4) is 0 Å². The van der Waals surface area contributed by atoms with Crippen LogP contribution < -0.4 is 11.1 Å². The first-order valence-corrected chi connectivity index (χ1v) is 10.6. The molecule has 0 heterocycles. The van der Waals surface area contributed by atoms with Gasteiger partial charge < -0.3 is 16.5 Å². The lowest BCUT2D eigenvalue weighted by Gasteiger charge is -2.21. The summed E-state index contributed by atoms with van der Waals surface area (Å²) in [5.41, 5.74) is 11.3. The van der Waals surface area contributed by atoms with Crippen molar-refractivity contribution in [1.29, 1.82) is 5.41 Å². The summed E-state index contributed by atoms with van der Waals surface area (Å²) in [6, 6.07) is 16.6. The van der Waals surface area contributed by atoms with Gasteiger partial charge >= 0.3 is 0 Å². The monoisotopic (exact) mass is 391 g/mol. The first kappa shape index (κ1) is 21.4. The Labute approximate surface area is 174 Å². The van der Waals surface area contributed by atoms with Crippen LogP contribution in [0.1, 0.15) is 50.3 Å². The maximum atomic E-state index is 11.9. The first-order chi connectivity index (χ1) is 13.9. The molecule has 29 heavy (non-hydrogen) atoms. The van der Waals surface area contributed by atoms with E-state index < -0.39 is 0 Å². The van der Waals surface area contributed by atoms with E-state index in [1.54, 1.807) is 13.8 Å². The molecule has 0 spiro atoms. The number of hydrogen-bond acceptors (Lipinski definition) is 4.